The van der Waals surface area contributed by atoms with E-state index in [0.717, 1.165) is 18.1 Å². The number of aryl methyl sites for hydroxylation is 1. The summed E-state index contributed by atoms with van der Waals surface area (Å²) >= 11 is 0. The second kappa shape index (κ2) is 6.29. The highest BCUT2D eigenvalue weighted by atomic mass is 32.2. The fraction of sp³-hybridized carbons (Fsp3) is 0.286. The van der Waals surface area contributed by atoms with E-state index in [1.54, 1.807) is 19.1 Å². The molecule has 0 unspecified atom stereocenters. The zero-order valence-electron chi connectivity index (χ0n) is 12.3. The highest BCUT2D eigenvalue weighted by Crippen LogP contribution is 2.17. The Hall–Kier alpha value is -2.19. The molecule has 2 N–H and O–H groups in total. The Bertz CT molecular complexity index is 779. The van der Waals surface area contributed by atoms with Crippen LogP contribution in [0.5, 0.6) is 0 Å². The lowest BCUT2D eigenvalue weighted by Crippen LogP contribution is -2.13. The summed E-state index contributed by atoms with van der Waals surface area (Å²) in [6.45, 7) is 3.85. The molecule has 22 heavy (non-hydrogen) atoms. The topological polar surface area (TPSA) is 104 Å². The average molecular weight is 323 g/mol. The first-order valence-electron chi connectivity index (χ1n) is 6.76. The lowest BCUT2D eigenvalue weighted by atomic mass is 10.1. The van der Waals surface area contributed by atoms with Crippen LogP contribution in [0.2, 0.25) is 0 Å². The fourth-order valence-corrected chi connectivity index (χ4v) is 2.39. The van der Waals surface area contributed by atoms with Crippen LogP contribution >= 0.6 is 0 Å². The van der Waals surface area contributed by atoms with Crippen molar-refractivity contribution in [2.24, 2.45) is 5.14 Å². The van der Waals surface area contributed by atoms with Crippen LogP contribution in [0.25, 0.3) is 5.69 Å². The number of sulfonamides is 1. The van der Waals surface area contributed by atoms with Crippen molar-refractivity contribution >= 4 is 16.0 Å². The molecule has 0 aliphatic carbocycles. The summed E-state index contributed by atoms with van der Waals surface area (Å²) in [5, 5.41) is 8.61. The Morgan fingerprint density at radius 3 is 2.41 bits per heavy atom. The van der Waals surface area contributed by atoms with Crippen molar-refractivity contribution in [2.75, 3.05) is 6.61 Å². The zero-order chi connectivity index (χ0) is 16.3. The normalized spacial score (nSPS) is 11.4. The SMILES string of the molecule is CCOC(=O)c1cc(S(N)(=O)=O)nn1-c1ccc(CC)cc1. The number of rotatable bonds is 5. The summed E-state index contributed by atoms with van der Waals surface area (Å²) in [6.07, 6.45) is 0.868. The predicted octanol–water partition coefficient (Wildman–Crippen LogP) is 1.26. The molecule has 7 nitrogen and oxygen atoms in total. The molecule has 0 saturated carbocycles. The van der Waals surface area contributed by atoms with E-state index in [4.69, 9.17) is 9.88 Å². The van der Waals surface area contributed by atoms with Crippen LogP contribution < -0.4 is 5.14 Å². The third kappa shape index (κ3) is 3.34. The highest BCUT2D eigenvalue weighted by Gasteiger charge is 2.22. The number of nitrogens with zero attached hydrogens (tertiary/aromatic N) is 2. The number of esters is 1. The monoisotopic (exact) mass is 323 g/mol. The van der Waals surface area contributed by atoms with Gasteiger partial charge in [0.15, 0.2) is 10.7 Å². The molecule has 0 saturated heterocycles. The molecule has 2 aromatic rings. The van der Waals surface area contributed by atoms with Crippen LogP contribution in [-0.4, -0.2) is 30.8 Å². The second-order valence-corrected chi connectivity index (χ2v) is 6.07. The number of hydrogen-bond acceptors (Lipinski definition) is 5. The van der Waals surface area contributed by atoms with E-state index in [2.05, 4.69) is 5.10 Å². The Kier molecular flexibility index (Phi) is 4.62. The van der Waals surface area contributed by atoms with E-state index in [0.29, 0.717) is 5.69 Å². The second-order valence-electron chi connectivity index (χ2n) is 4.57. The van der Waals surface area contributed by atoms with Gasteiger partial charge in [0.05, 0.1) is 12.3 Å². The van der Waals surface area contributed by atoms with Gasteiger partial charge in [0.25, 0.3) is 10.0 Å². The maximum atomic E-state index is 12.0. The van der Waals surface area contributed by atoms with Gasteiger partial charge >= 0.3 is 5.97 Å². The van der Waals surface area contributed by atoms with Crippen molar-refractivity contribution in [3.05, 3.63) is 41.6 Å². The fourth-order valence-electron chi connectivity index (χ4n) is 1.92. The zero-order valence-corrected chi connectivity index (χ0v) is 13.1. The number of ether oxygens (including phenoxy) is 1. The molecule has 1 heterocycles. The molecule has 0 radical (unpaired) electrons. The van der Waals surface area contributed by atoms with Gasteiger partial charge in [-0.25, -0.2) is 23.0 Å². The first-order chi connectivity index (χ1) is 10.4. The molecule has 8 heteroatoms. The van der Waals surface area contributed by atoms with Crippen molar-refractivity contribution in [3.8, 4) is 5.69 Å². The van der Waals surface area contributed by atoms with Gasteiger partial charge in [-0.15, -0.1) is 0 Å². The predicted molar refractivity (Wildman–Crippen MR) is 80.3 cm³/mol. The van der Waals surface area contributed by atoms with Crippen LogP contribution in [0.4, 0.5) is 0 Å². The summed E-state index contributed by atoms with van der Waals surface area (Å²) in [7, 11) is -4.01. The highest BCUT2D eigenvalue weighted by molar-refractivity contribution is 7.89. The molecule has 0 aliphatic heterocycles. The number of carbonyl (C=O) groups excluding carboxylic acids is 1. The molecule has 1 aromatic carbocycles. The van der Waals surface area contributed by atoms with Crippen LogP contribution in [0.3, 0.4) is 0 Å². The molecular weight excluding hydrogens is 306 g/mol. The quantitative estimate of drug-likeness (QED) is 0.834. The van der Waals surface area contributed by atoms with Crippen molar-refractivity contribution in [2.45, 2.75) is 25.3 Å². The van der Waals surface area contributed by atoms with Gasteiger partial charge in [-0.05, 0) is 31.0 Å². The Labute approximate surface area is 128 Å². The summed E-state index contributed by atoms with van der Waals surface area (Å²) in [5.41, 5.74) is 1.67. The molecule has 118 valence electrons. The summed E-state index contributed by atoms with van der Waals surface area (Å²) in [6, 6.07) is 8.37. The maximum Gasteiger partial charge on any atom is 0.357 e. The maximum absolute atomic E-state index is 12.0. The van der Waals surface area contributed by atoms with E-state index in [-0.39, 0.29) is 17.3 Å². The van der Waals surface area contributed by atoms with Crippen molar-refractivity contribution in [1.82, 2.24) is 9.78 Å². The third-order valence-corrected chi connectivity index (χ3v) is 3.83. The van der Waals surface area contributed by atoms with Crippen molar-refractivity contribution in [1.29, 1.82) is 0 Å². The van der Waals surface area contributed by atoms with Gasteiger partial charge < -0.3 is 4.74 Å². The van der Waals surface area contributed by atoms with Gasteiger partial charge in [-0.3, -0.25) is 0 Å². The van der Waals surface area contributed by atoms with Crippen LogP contribution in [0.15, 0.2) is 35.4 Å². The lowest BCUT2D eigenvalue weighted by Gasteiger charge is -2.07. The molecule has 0 aliphatic rings. The molecule has 0 bridgehead atoms. The van der Waals surface area contributed by atoms with E-state index in [9.17, 15) is 13.2 Å². The molecule has 0 amide bonds. The first kappa shape index (κ1) is 16.2. The molecule has 0 fully saturated rings. The molecular formula is C14H17N3O4S. The largest absolute Gasteiger partial charge is 0.461 e. The van der Waals surface area contributed by atoms with Gasteiger partial charge in [-0.1, -0.05) is 19.1 Å². The van der Waals surface area contributed by atoms with E-state index in [1.807, 2.05) is 19.1 Å². The minimum Gasteiger partial charge on any atom is -0.461 e. The van der Waals surface area contributed by atoms with Gasteiger partial charge in [-0.2, -0.15) is 5.10 Å². The average Bonchev–Trinajstić information content (AvgIpc) is 2.93. The minimum absolute atomic E-state index is 0.00937. The first-order valence-corrected chi connectivity index (χ1v) is 8.30. The Morgan fingerprint density at radius 1 is 1.27 bits per heavy atom. The summed E-state index contributed by atoms with van der Waals surface area (Å²) in [5.74, 6) is -0.663. The number of carbonyl (C=O) groups is 1. The standard InChI is InChI=1S/C14H17N3O4S/c1-3-10-5-7-11(8-6-10)17-12(14(18)21-4-2)9-13(16-17)22(15,19)20/h5-9H,3-4H2,1-2H3,(H2,15,19,20). The Balaban J connectivity index is 2.56. The van der Waals surface area contributed by atoms with Crippen molar-refractivity contribution in [3.63, 3.8) is 0 Å². The van der Waals surface area contributed by atoms with Gasteiger partial charge in [0.1, 0.15) is 0 Å². The number of hydrogen-bond donors (Lipinski definition) is 1. The third-order valence-electron chi connectivity index (χ3n) is 3.05. The molecule has 0 atom stereocenters. The lowest BCUT2D eigenvalue weighted by molar-refractivity contribution is 0.0515. The number of nitrogens with two attached hydrogens (primary N) is 1. The van der Waals surface area contributed by atoms with E-state index >= 15 is 0 Å². The van der Waals surface area contributed by atoms with Crippen molar-refractivity contribution < 1.29 is 17.9 Å². The van der Waals surface area contributed by atoms with E-state index < -0.39 is 16.0 Å². The number of primary sulfonamides is 1. The van der Waals surface area contributed by atoms with Gasteiger partial charge in [0.2, 0.25) is 0 Å². The Morgan fingerprint density at radius 2 is 1.91 bits per heavy atom. The van der Waals surface area contributed by atoms with Gasteiger partial charge in [0, 0.05) is 6.07 Å². The molecule has 0 spiro atoms. The van der Waals surface area contributed by atoms with E-state index in [1.165, 1.54) is 4.68 Å². The molecule has 1 aromatic heterocycles. The minimum atomic E-state index is -4.01. The molecule has 2 rings (SSSR count). The van der Waals surface area contributed by atoms with Crippen LogP contribution in [0, 0.1) is 0 Å². The van der Waals surface area contributed by atoms with Crippen LogP contribution in [0.1, 0.15) is 29.9 Å². The summed E-state index contributed by atoms with van der Waals surface area (Å²) in [4.78, 5) is 12.0. The smallest absolute Gasteiger partial charge is 0.357 e. The summed E-state index contributed by atoms with van der Waals surface area (Å²) < 4.78 is 29.1. The number of aromatic nitrogens is 2. The van der Waals surface area contributed by atoms with Crippen LogP contribution in [-0.2, 0) is 21.2 Å². The number of benzene rings is 1.